The lowest BCUT2D eigenvalue weighted by molar-refractivity contribution is -0.132. The molecule has 0 aliphatic carbocycles. The Balaban J connectivity index is 1.91. The maximum atomic E-state index is 13.2. The first-order chi connectivity index (χ1) is 15.8. The molecule has 0 bridgehead atoms. The van der Waals surface area contributed by atoms with Gasteiger partial charge in [-0.05, 0) is 67.8 Å². The number of anilines is 1. The summed E-state index contributed by atoms with van der Waals surface area (Å²) in [5, 5.41) is 11.3. The fourth-order valence-electron chi connectivity index (χ4n) is 4.15. The second-order valence-corrected chi connectivity index (χ2v) is 8.29. The van der Waals surface area contributed by atoms with Crippen LogP contribution in [0.15, 0.2) is 70.7 Å². The minimum atomic E-state index is -0.879. The number of hydrogen-bond acceptors (Lipinski definition) is 5. The largest absolute Gasteiger partial charge is 0.507 e. The molecule has 1 N–H and O–H groups in total. The van der Waals surface area contributed by atoms with E-state index in [-0.39, 0.29) is 17.3 Å². The molecule has 1 aromatic heterocycles. The number of carbonyl (C=O) groups is 2. The number of hydrogen-bond donors (Lipinski definition) is 1. The molecule has 1 aliphatic heterocycles. The van der Waals surface area contributed by atoms with Gasteiger partial charge in [-0.15, -0.1) is 0 Å². The van der Waals surface area contributed by atoms with Crippen LogP contribution in [0.1, 0.15) is 55.4 Å². The SMILES string of the molecule is CCOc1ccc(/C(O)=C2/C(=O)C(=O)N(c3ccccc3)C2c2ccc(C)o2)cc1C(C)C. The summed E-state index contributed by atoms with van der Waals surface area (Å²) >= 11 is 0. The zero-order chi connectivity index (χ0) is 23.7. The Morgan fingerprint density at radius 3 is 2.42 bits per heavy atom. The normalized spacial score (nSPS) is 17.7. The molecule has 33 heavy (non-hydrogen) atoms. The molecule has 0 spiro atoms. The second kappa shape index (κ2) is 8.98. The fraction of sp³-hybridized carbons (Fsp3) is 0.259. The summed E-state index contributed by atoms with van der Waals surface area (Å²) < 4.78 is 11.6. The van der Waals surface area contributed by atoms with Crippen LogP contribution in [0.4, 0.5) is 5.69 Å². The van der Waals surface area contributed by atoms with Gasteiger partial charge in [0.25, 0.3) is 11.7 Å². The molecular formula is C27H27NO5. The first kappa shape index (κ1) is 22.4. The van der Waals surface area contributed by atoms with Crippen molar-refractivity contribution in [2.24, 2.45) is 0 Å². The summed E-state index contributed by atoms with van der Waals surface area (Å²) in [4.78, 5) is 27.7. The third-order valence-corrected chi connectivity index (χ3v) is 5.71. The summed E-state index contributed by atoms with van der Waals surface area (Å²) in [6.45, 7) is 8.28. The molecule has 0 saturated carbocycles. The van der Waals surface area contributed by atoms with Gasteiger partial charge in [0.15, 0.2) is 0 Å². The Labute approximate surface area is 193 Å². The number of amides is 1. The van der Waals surface area contributed by atoms with E-state index < -0.39 is 17.7 Å². The van der Waals surface area contributed by atoms with E-state index in [0.717, 1.165) is 11.3 Å². The molecule has 1 unspecified atom stereocenters. The van der Waals surface area contributed by atoms with Crippen LogP contribution >= 0.6 is 0 Å². The minimum Gasteiger partial charge on any atom is -0.507 e. The predicted octanol–water partition coefficient (Wildman–Crippen LogP) is 5.74. The van der Waals surface area contributed by atoms with E-state index >= 15 is 0 Å². The summed E-state index contributed by atoms with van der Waals surface area (Å²) in [6, 6.07) is 16.8. The molecule has 3 aromatic rings. The third-order valence-electron chi connectivity index (χ3n) is 5.71. The van der Waals surface area contributed by atoms with E-state index in [2.05, 4.69) is 0 Å². The topological polar surface area (TPSA) is 80.0 Å². The summed E-state index contributed by atoms with van der Waals surface area (Å²) in [5.41, 5.74) is 1.90. The molecule has 170 valence electrons. The van der Waals surface area contributed by atoms with E-state index in [1.807, 2.05) is 32.9 Å². The van der Waals surface area contributed by atoms with Crippen LogP contribution in [-0.2, 0) is 9.59 Å². The average molecular weight is 446 g/mol. The number of rotatable bonds is 6. The van der Waals surface area contributed by atoms with Gasteiger partial charge in [-0.25, -0.2) is 0 Å². The lowest BCUT2D eigenvalue weighted by Crippen LogP contribution is -2.29. The van der Waals surface area contributed by atoms with Gasteiger partial charge in [0.2, 0.25) is 0 Å². The van der Waals surface area contributed by atoms with Crippen LogP contribution in [-0.4, -0.2) is 23.4 Å². The molecule has 1 fully saturated rings. The van der Waals surface area contributed by atoms with Crippen molar-refractivity contribution in [3.8, 4) is 5.75 Å². The number of aliphatic hydroxyl groups excluding tert-OH is 1. The van der Waals surface area contributed by atoms with Crippen molar-refractivity contribution in [2.75, 3.05) is 11.5 Å². The van der Waals surface area contributed by atoms with Crippen LogP contribution in [0.25, 0.3) is 5.76 Å². The summed E-state index contributed by atoms with van der Waals surface area (Å²) in [6.07, 6.45) is 0. The maximum Gasteiger partial charge on any atom is 0.300 e. The maximum absolute atomic E-state index is 13.2. The number of para-hydroxylation sites is 1. The highest BCUT2D eigenvalue weighted by molar-refractivity contribution is 6.51. The van der Waals surface area contributed by atoms with E-state index in [0.29, 0.717) is 29.4 Å². The highest BCUT2D eigenvalue weighted by Gasteiger charge is 2.48. The molecule has 1 amide bonds. The van der Waals surface area contributed by atoms with Gasteiger partial charge in [-0.3, -0.25) is 14.5 Å². The Morgan fingerprint density at radius 2 is 1.82 bits per heavy atom. The summed E-state index contributed by atoms with van der Waals surface area (Å²) in [5.74, 6) is 0.212. The zero-order valence-electron chi connectivity index (χ0n) is 19.2. The monoisotopic (exact) mass is 445 g/mol. The van der Waals surface area contributed by atoms with Gasteiger partial charge in [-0.2, -0.15) is 0 Å². The zero-order valence-corrected chi connectivity index (χ0v) is 19.2. The molecular weight excluding hydrogens is 418 g/mol. The molecule has 1 aliphatic rings. The minimum absolute atomic E-state index is 0.00271. The smallest absolute Gasteiger partial charge is 0.300 e. The highest BCUT2D eigenvalue weighted by Crippen LogP contribution is 2.43. The van der Waals surface area contributed by atoms with Gasteiger partial charge in [0.05, 0.1) is 12.2 Å². The Hall–Kier alpha value is -3.80. The predicted molar refractivity (Wildman–Crippen MR) is 126 cm³/mol. The van der Waals surface area contributed by atoms with Gasteiger partial charge < -0.3 is 14.3 Å². The molecule has 6 heteroatoms. The van der Waals surface area contributed by atoms with Crippen molar-refractivity contribution in [1.29, 1.82) is 0 Å². The van der Waals surface area contributed by atoms with E-state index in [1.165, 1.54) is 4.90 Å². The van der Waals surface area contributed by atoms with E-state index in [9.17, 15) is 14.7 Å². The van der Waals surface area contributed by atoms with E-state index in [4.69, 9.17) is 9.15 Å². The van der Waals surface area contributed by atoms with Crippen molar-refractivity contribution in [2.45, 2.75) is 39.7 Å². The number of furan rings is 1. The van der Waals surface area contributed by atoms with Crippen LogP contribution in [0, 0.1) is 6.92 Å². The highest BCUT2D eigenvalue weighted by atomic mass is 16.5. The average Bonchev–Trinajstić information content (AvgIpc) is 3.35. The van der Waals surface area contributed by atoms with E-state index in [1.54, 1.807) is 55.5 Å². The number of ketones is 1. The standard InChI is InChI=1S/C27H27NO5/c1-5-32-21-14-12-18(15-20(21)16(2)3)25(29)23-24(22-13-11-17(4)33-22)28(27(31)26(23)30)19-9-7-6-8-10-19/h6-16,24,29H,5H2,1-4H3/b25-23-. The van der Waals surface area contributed by atoms with Gasteiger partial charge >= 0.3 is 0 Å². The number of aliphatic hydroxyl groups is 1. The quantitative estimate of drug-likeness (QED) is 0.297. The van der Waals surface area contributed by atoms with Crippen molar-refractivity contribution in [3.05, 3.63) is 88.9 Å². The number of aryl methyl sites for hydroxylation is 1. The molecule has 1 saturated heterocycles. The number of benzene rings is 2. The Bertz CT molecular complexity index is 1220. The number of nitrogens with zero attached hydrogens (tertiary/aromatic N) is 1. The number of ether oxygens (including phenoxy) is 1. The number of carbonyl (C=O) groups excluding carboxylic acids is 2. The Kier molecular flexibility index (Phi) is 6.09. The molecule has 6 nitrogen and oxygen atoms in total. The van der Waals surface area contributed by atoms with Crippen molar-refractivity contribution in [3.63, 3.8) is 0 Å². The van der Waals surface area contributed by atoms with Gasteiger partial charge in [0.1, 0.15) is 29.1 Å². The third kappa shape index (κ3) is 4.04. The van der Waals surface area contributed by atoms with Crippen molar-refractivity contribution in [1.82, 2.24) is 0 Å². The molecule has 0 radical (unpaired) electrons. The lowest BCUT2D eigenvalue weighted by Gasteiger charge is -2.23. The van der Waals surface area contributed by atoms with Crippen LogP contribution in [0.3, 0.4) is 0 Å². The summed E-state index contributed by atoms with van der Waals surface area (Å²) in [7, 11) is 0. The number of Topliss-reactive ketones (excluding diaryl/α,β-unsaturated/α-hetero) is 1. The first-order valence-corrected chi connectivity index (χ1v) is 11.0. The van der Waals surface area contributed by atoms with Crippen LogP contribution in [0.5, 0.6) is 5.75 Å². The molecule has 4 rings (SSSR count). The van der Waals surface area contributed by atoms with Crippen molar-refractivity contribution < 1.29 is 23.8 Å². The fourth-order valence-corrected chi connectivity index (χ4v) is 4.15. The van der Waals surface area contributed by atoms with Crippen LogP contribution < -0.4 is 9.64 Å². The second-order valence-electron chi connectivity index (χ2n) is 8.29. The van der Waals surface area contributed by atoms with Crippen molar-refractivity contribution >= 4 is 23.1 Å². The molecule has 2 heterocycles. The van der Waals surface area contributed by atoms with Crippen LogP contribution in [0.2, 0.25) is 0 Å². The molecule has 2 aromatic carbocycles. The Morgan fingerprint density at radius 1 is 1.09 bits per heavy atom. The van der Waals surface area contributed by atoms with Gasteiger partial charge in [0, 0.05) is 11.3 Å². The van der Waals surface area contributed by atoms with Gasteiger partial charge in [-0.1, -0.05) is 32.0 Å². The first-order valence-electron chi connectivity index (χ1n) is 11.0. The lowest BCUT2D eigenvalue weighted by atomic mass is 9.95. The molecule has 1 atom stereocenters.